The first-order chi connectivity index (χ1) is 7.77. The van der Waals surface area contributed by atoms with Crippen LogP contribution in [0.5, 0.6) is 0 Å². The van der Waals surface area contributed by atoms with Gasteiger partial charge in [0.1, 0.15) is 12.4 Å². The summed E-state index contributed by atoms with van der Waals surface area (Å²) in [6.07, 6.45) is 3.39. The van der Waals surface area contributed by atoms with Crippen molar-refractivity contribution in [3.05, 3.63) is 34.9 Å². The van der Waals surface area contributed by atoms with E-state index in [0.717, 1.165) is 31.1 Å². The number of ether oxygens (including phenoxy) is 1. The monoisotopic (exact) mass is 218 g/mol. The first kappa shape index (κ1) is 10.9. The average molecular weight is 218 g/mol. The number of carbonyl (C=O) groups is 2. The quantitative estimate of drug-likeness (QED) is 0.576. The Bertz CT molecular complexity index is 423. The van der Waals surface area contributed by atoms with Crippen LogP contribution in [0.3, 0.4) is 0 Å². The molecule has 0 saturated carbocycles. The van der Waals surface area contributed by atoms with Crippen LogP contribution in [0.25, 0.3) is 0 Å². The third-order valence-corrected chi connectivity index (χ3v) is 2.88. The van der Waals surface area contributed by atoms with Crippen LogP contribution in [0, 0.1) is 0 Å². The highest BCUT2D eigenvalue weighted by atomic mass is 16.5. The minimum absolute atomic E-state index is 0.233. The number of hydrogen-bond donors (Lipinski definition) is 0. The van der Waals surface area contributed by atoms with E-state index >= 15 is 0 Å². The maximum Gasteiger partial charge on any atom is 0.339 e. The molecule has 0 bridgehead atoms. The predicted molar refractivity (Wildman–Crippen MR) is 59.5 cm³/mol. The number of rotatable bonds is 4. The topological polar surface area (TPSA) is 43.4 Å². The van der Waals surface area contributed by atoms with Gasteiger partial charge >= 0.3 is 5.97 Å². The van der Waals surface area contributed by atoms with Gasteiger partial charge in [-0.05, 0) is 18.9 Å². The Morgan fingerprint density at radius 3 is 2.94 bits per heavy atom. The molecule has 1 unspecified atom stereocenters. The van der Waals surface area contributed by atoms with Crippen molar-refractivity contribution in [3.63, 3.8) is 0 Å². The number of carbonyl (C=O) groups excluding carboxylic acids is 2. The molecule has 1 aliphatic heterocycles. The van der Waals surface area contributed by atoms with Crippen molar-refractivity contribution in [2.45, 2.75) is 32.3 Å². The molecule has 0 fully saturated rings. The van der Waals surface area contributed by atoms with Gasteiger partial charge in [-0.3, -0.25) is 4.79 Å². The van der Waals surface area contributed by atoms with Gasteiger partial charge in [-0.25, -0.2) is 4.79 Å². The van der Waals surface area contributed by atoms with Gasteiger partial charge in [0.2, 0.25) is 0 Å². The summed E-state index contributed by atoms with van der Waals surface area (Å²) in [5, 5.41) is 0. The molecule has 1 heterocycles. The van der Waals surface area contributed by atoms with Crippen LogP contribution in [0.4, 0.5) is 0 Å². The van der Waals surface area contributed by atoms with Gasteiger partial charge in [0.25, 0.3) is 0 Å². The number of fused-ring (bicyclic) bond motifs is 1. The van der Waals surface area contributed by atoms with Crippen LogP contribution in [0.2, 0.25) is 0 Å². The van der Waals surface area contributed by atoms with Crippen molar-refractivity contribution in [1.29, 1.82) is 0 Å². The van der Waals surface area contributed by atoms with Crippen LogP contribution >= 0.6 is 0 Å². The molecular formula is C13H14O3. The fraction of sp³-hybridized carbons (Fsp3) is 0.385. The van der Waals surface area contributed by atoms with Gasteiger partial charge in [0.15, 0.2) is 0 Å². The molecule has 1 aliphatic rings. The van der Waals surface area contributed by atoms with Crippen molar-refractivity contribution in [2.24, 2.45) is 0 Å². The zero-order valence-electron chi connectivity index (χ0n) is 9.23. The maximum atomic E-state index is 11.6. The molecule has 1 aromatic carbocycles. The minimum atomic E-state index is -0.306. The summed E-state index contributed by atoms with van der Waals surface area (Å²) in [6.45, 7) is 2.09. The van der Waals surface area contributed by atoms with E-state index in [1.165, 1.54) is 0 Å². The second-order valence-electron chi connectivity index (χ2n) is 3.96. The first-order valence-corrected chi connectivity index (χ1v) is 5.57. The van der Waals surface area contributed by atoms with Crippen molar-refractivity contribution >= 4 is 12.3 Å². The highest BCUT2D eigenvalue weighted by molar-refractivity contribution is 5.97. The van der Waals surface area contributed by atoms with Crippen molar-refractivity contribution in [2.75, 3.05) is 0 Å². The van der Waals surface area contributed by atoms with Crippen LogP contribution in [-0.2, 0) is 4.74 Å². The van der Waals surface area contributed by atoms with Crippen LogP contribution in [0.1, 0.15) is 58.6 Å². The number of unbranched alkanes of at least 4 members (excludes halogenated alkanes) is 1. The Labute approximate surface area is 94.4 Å². The summed E-state index contributed by atoms with van der Waals surface area (Å²) in [4.78, 5) is 22.5. The summed E-state index contributed by atoms with van der Waals surface area (Å²) in [7, 11) is 0. The number of hydrogen-bond acceptors (Lipinski definition) is 3. The lowest BCUT2D eigenvalue weighted by Gasteiger charge is -2.10. The Morgan fingerprint density at radius 2 is 2.25 bits per heavy atom. The van der Waals surface area contributed by atoms with Gasteiger partial charge in [-0.1, -0.05) is 25.5 Å². The van der Waals surface area contributed by atoms with E-state index in [2.05, 4.69) is 6.92 Å². The highest BCUT2D eigenvalue weighted by Crippen LogP contribution is 2.35. The Morgan fingerprint density at radius 1 is 1.44 bits per heavy atom. The lowest BCUT2D eigenvalue weighted by Crippen LogP contribution is -2.00. The Balaban J connectivity index is 2.38. The Hall–Kier alpha value is -1.64. The lowest BCUT2D eigenvalue weighted by atomic mass is 9.96. The number of esters is 1. The largest absolute Gasteiger partial charge is 0.454 e. The Kier molecular flexibility index (Phi) is 3.04. The molecular weight excluding hydrogens is 204 g/mol. The van der Waals surface area contributed by atoms with E-state index in [1.807, 2.05) is 0 Å². The number of cyclic esters (lactones) is 1. The van der Waals surface area contributed by atoms with Gasteiger partial charge < -0.3 is 4.74 Å². The summed E-state index contributed by atoms with van der Waals surface area (Å²) < 4.78 is 5.28. The zero-order chi connectivity index (χ0) is 11.5. The van der Waals surface area contributed by atoms with Gasteiger partial charge in [0, 0.05) is 11.1 Å². The molecule has 0 N–H and O–H groups in total. The standard InChI is InChI=1S/C13H14O3/c1-2-3-7-11-12-9(8-14)5-4-6-10(12)13(15)16-11/h4-6,8,11H,2-3,7H2,1H3. The lowest BCUT2D eigenvalue weighted by molar-refractivity contribution is 0.0363. The molecule has 0 aliphatic carbocycles. The van der Waals surface area contributed by atoms with E-state index in [0.29, 0.717) is 11.1 Å². The molecule has 1 aromatic rings. The molecule has 1 atom stereocenters. The van der Waals surface area contributed by atoms with Gasteiger partial charge in [-0.15, -0.1) is 0 Å². The van der Waals surface area contributed by atoms with E-state index < -0.39 is 0 Å². The molecule has 0 amide bonds. The normalized spacial score (nSPS) is 18.1. The molecule has 0 saturated heterocycles. The van der Waals surface area contributed by atoms with Crippen molar-refractivity contribution in [3.8, 4) is 0 Å². The van der Waals surface area contributed by atoms with Gasteiger partial charge in [0.05, 0.1) is 5.56 Å². The van der Waals surface area contributed by atoms with Crippen molar-refractivity contribution < 1.29 is 14.3 Å². The smallest absolute Gasteiger partial charge is 0.339 e. The number of benzene rings is 1. The molecule has 0 aromatic heterocycles. The fourth-order valence-electron chi connectivity index (χ4n) is 2.07. The first-order valence-electron chi connectivity index (χ1n) is 5.57. The van der Waals surface area contributed by atoms with E-state index in [-0.39, 0.29) is 12.1 Å². The summed E-state index contributed by atoms with van der Waals surface area (Å²) in [5.74, 6) is -0.306. The third kappa shape index (κ3) is 1.73. The van der Waals surface area contributed by atoms with Crippen LogP contribution in [-0.4, -0.2) is 12.3 Å². The van der Waals surface area contributed by atoms with E-state index in [1.54, 1.807) is 18.2 Å². The molecule has 3 heteroatoms. The second-order valence-corrected chi connectivity index (χ2v) is 3.96. The average Bonchev–Trinajstić information content (AvgIpc) is 2.64. The molecule has 16 heavy (non-hydrogen) atoms. The second kappa shape index (κ2) is 4.47. The van der Waals surface area contributed by atoms with Gasteiger partial charge in [-0.2, -0.15) is 0 Å². The molecule has 84 valence electrons. The summed E-state index contributed by atoms with van der Waals surface area (Å²) in [6, 6.07) is 5.16. The SMILES string of the molecule is CCCCC1OC(=O)c2cccc(C=O)c21. The third-order valence-electron chi connectivity index (χ3n) is 2.88. The van der Waals surface area contributed by atoms with Crippen molar-refractivity contribution in [1.82, 2.24) is 0 Å². The number of aldehydes is 1. The molecule has 0 spiro atoms. The molecule has 0 radical (unpaired) electrons. The zero-order valence-corrected chi connectivity index (χ0v) is 9.23. The predicted octanol–water partition coefficient (Wildman–Crippen LogP) is 2.90. The van der Waals surface area contributed by atoms with Crippen LogP contribution < -0.4 is 0 Å². The fourth-order valence-corrected chi connectivity index (χ4v) is 2.07. The summed E-state index contributed by atoms with van der Waals surface area (Å²) in [5.41, 5.74) is 1.89. The molecule has 2 rings (SSSR count). The maximum absolute atomic E-state index is 11.6. The summed E-state index contributed by atoms with van der Waals surface area (Å²) >= 11 is 0. The van der Waals surface area contributed by atoms with Crippen LogP contribution in [0.15, 0.2) is 18.2 Å². The van der Waals surface area contributed by atoms with E-state index in [4.69, 9.17) is 4.74 Å². The van der Waals surface area contributed by atoms with E-state index in [9.17, 15) is 9.59 Å². The highest BCUT2D eigenvalue weighted by Gasteiger charge is 2.32. The minimum Gasteiger partial charge on any atom is -0.454 e. The molecule has 3 nitrogen and oxygen atoms in total.